The minimum atomic E-state index is -4.71. The van der Waals surface area contributed by atoms with Crippen LogP contribution in [0, 0.1) is 58.2 Å². The molecule has 1 aliphatic heterocycles. The molecule has 0 saturated heterocycles. The van der Waals surface area contributed by atoms with E-state index >= 15 is 4.39 Å². The fourth-order valence-electron chi connectivity index (χ4n) is 6.23. The highest BCUT2D eigenvalue weighted by molar-refractivity contribution is 5.68. The summed E-state index contributed by atoms with van der Waals surface area (Å²) in [4.78, 5) is 0. The molecule has 222 valence electrons. The zero-order valence-electron chi connectivity index (χ0n) is 22.8. The van der Waals surface area contributed by atoms with Crippen molar-refractivity contribution in [3.8, 4) is 28.7 Å². The average Bonchev–Trinajstić information content (AvgIpc) is 2.92. The number of hydrogen-bond donors (Lipinski definition) is 0. The molecule has 1 atom stereocenters. The first-order valence-electron chi connectivity index (χ1n) is 13.9. The Kier molecular flexibility index (Phi) is 8.40. The molecule has 2 aliphatic rings. The van der Waals surface area contributed by atoms with Gasteiger partial charge in [-0.2, -0.15) is 14.0 Å². The molecule has 0 bridgehead atoms. The second-order valence-corrected chi connectivity index (χ2v) is 11.1. The van der Waals surface area contributed by atoms with Gasteiger partial charge in [0, 0.05) is 17.7 Å². The van der Waals surface area contributed by atoms with Crippen LogP contribution in [0.3, 0.4) is 0 Å². The fourth-order valence-corrected chi connectivity index (χ4v) is 6.23. The molecular formula is C32H28F7NO2. The first kappa shape index (κ1) is 29.7. The van der Waals surface area contributed by atoms with E-state index in [4.69, 9.17) is 10.00 Å². The fraction of sp³-hybridized carbons (Fsp3) is 0.406. The van der Waals surface area contributed by atoms with Gasteiger partial charge < -0.3 is 9.47 Å². The largest absolute Gasteiger partial charge is 0.493 e. The van der Waals surface area contributed by atoms with Crippen molar-refractivity contribution in [2.75, 3.05) is 6.61 Å². The Morgan fingerprint density at radius 1 is 0.857 bits per heavy atom. The number of alkyl halides is 2. The summed E-state index contributed by atoms with van der Waals surface area (Å²) in [7, 11) is 0. The molecule has 1 fully saturated rings. The van der Waals surface area contributed by atoms with Gasteiger partial charge in [-0.05, 0) is 72.4 Å². The maximum absolute atomic E-state index is 15.2. The molecule has 5 rings (SSSR count). The lowest BCUT2D eigenvalue weighted by Gasteiger charge is -2.36. The molecule has 42 heavy (non-hydrogen) atoms. The Bertz CT molecular complexity index is 1480. The maximum atomic E-state index is 15.2. The van der Waals surface area contributed by atoms with Crippen LogP contribution in [0.2, 0.25) is 0 Å². The van der Waals surface area contributed by atoms with Crippen LogP contribution in [0.4, 0.5) is 30.7 Å². The third-order valence-corrected chi connectivity index (χ3v) is 8.36. The van der Waals surface area contributed by atoms with Gasteiger partial charge in [-0.25, -0.2) is 22.0 Å². The predicted molar refractivity (Wildman–Crippen MR) is 140 cm³/mol. The lowest BCUT2D eigenvalue weighted by Crippen LogP contribution is -2.31. The lowest BCUT2D eigenvalue weighted by molar-refractivity contribution is -0.189. The molecule has 0 N–H and O–H groups in total. The van der Waals surface area contributed by atoms with Gasteiger partial charge in [0.1, 0.15) is 57.8 Å². The molecule has 1 aliphatic carbocycles. The Morgan fingerprint density at radius 3 is 2.10 bits per heavy atom. The van der Waals surface area contributed by atoms with Crippen molar-refractivity contribution >= 4 is 0 Å². The van der Waals surface area contributed by atoms with E-state index in [0.29, 0.717) is 54.5 Å². The van der Waals surface area contributed by atoms with Gasteiger partial charge >= 0.3 is 6.11 Å². The summed E-state index contributed by atoms with van der Waals surface area (Å²) in [5.41, 5.74) is -2.81. The summed E-state index contributed by atoms with van der Waals surface area (Å²) >= 11 is 0. The van der Waals surface area contributed by atoms with Crippen molar-refractivity contribution < 1.29 is 40.2 Å². The molecule has 3 aromatic carbocycles. The van der Waals surface area contributed by atoms with Crippen molar-refractivity contribution in [1.82, 2.24) is 0 Å². The highest BCUT2D eigenvalue weighted by Crippen LogP contribution is 2.43. The number of rotatable bonds is 7. The second kappa shape index (κ2) is 11.9. The summed E-state index contributed by atoms with van der Waals surface area (Å²) < 4.78 is 112. The Balaban J connectivity index is 1.36. The Morgan fingerprint density at radius 2 is 1.50 bits per heavy atom. The summed E-state index contributed by atoms with van der Waals surface area (Å²) in [5.74, 6) is -6.56. The van der Waals surface area contributed by atoms with Crippen molar-refractivity contribution in [2.24, 2.45) is 17.8 Å². The van der Waals surface area contributed by atoms with Crippen LogP contribution in [0.1, 0.15) is 62.1 Å². The van der Waals surface area contributed by atoms with E-state index in [1.54, 1.807) is 0 Å². The van der Waals surface area contributed by atoms with Crippen LogP contribution in [-0.2, 0) is 12.5 Å². The third kappa shape index (κ3) is 5.92. The Labute approximate surface area is 238 Å². The number of nitriles is 1. The molecule has 1 saturated carbocycles. The van der Waals surface area contributed by atoms with E-state index in [0.717, 1.165) is 18.8 Å². The average molecular weight is 592 g/mol. The molecule has 0 spiro atoms. The van der Waals surface area contributed by atoms with Crippen LogP contribution in [0.5, 0.6) is 11.5 Å². The first-order valence-corrected chi connectivity index (χ1v) is 13.9. The van der Waals surface area contributed by atoms with Crippen molar-refractivity contribution in [3.05, 3.63) is 82.2 Å². The van der Waals surface area contributed by atoms with Gasteiger partial charge in [0.25, 0.3) is 0 Å². The number of hydrogen-bond acceptors (Lipinski definition) is 3. The number of benzene rings is 3. The van der Waals surface area contributed by atoms with E-state index in [2.05, 4.69) is 11.7 Å². The minimum absolute atomic E-state index is 0.236. The first-order chi connectivity index (χ1) is 20.0. The molecule has 1 heterocycles. The molecule has 0 amide bonds. The molecule has 10 heteroatoms. The summed E-state index contributed by atoms with van der Waals surface area (Å²) in [6, 6.07) is 5.44. The van der Waals surface area contributed by atoms with Crippen LogP contribution >= 0.6 is 0 Å². The highest BCUT2D eigenvalue weighted by atomic mass is 19.3. The molecule has 3 aromatic rings. The third-order valence-electron chi connectivity index (χ3n) is 8.36. The van der Waals surface area contributed by atoms with E-state index in [1.807, 2.05) is 0 Å². The monoisotopic (exact) mass is 591 g/mol. The van der Waals surface area contributed by atoms with E-state index in [1.165, 1.54) is 43.9 Å². The number of ether oxygens (including phenoxy) is 2. The minimum Gasteiger partial charge on any atom is -0.493 e. The maximum Gasteiger partial charge on any atom is 0.432 e. The van der Waals surface area contributed by atoms with Gasteiger partial charge in [-0.1, -0.05) is 32.6 Å². The zero-order valence-corrected chi connectivity index (χ0v) is 22.8. The number of halogens is 7. The van der Waals surface area contributed by atoms with Crippen LogP contribution in [0.15, 0.2) is 36.4 Å². The van der Waals surface area contributed by atoms with E-state index < -0.39 is 52.1 Å². The highest BCUT2D eigenvalue weighted by Gasteiger charge is 2.42. The Hall–Kier alpha value is -3.74. The second-order valence-electron chi connectivity index (χ2n) is 11.1. The standard InChI is InChI=1S/C32H28F7NO2/c1-2-3-17-4-6-18(7-5-17)21-8-20-11-25(33)23(14-30(20)41-16-21)19-9-28(36)31(29(37)10-19)32(38,39)42-22-12-26(34)24(15-40)27(35)13-22/h9-14,17-18,21H,2-8,16H2,1H3. The summed E-state index contributed by atoms with van der Waals surface area (Å²) in [6.07, 6.45) is 2.85. The SMILES string of the molecule is CCCC1CCC(C2COc3cc(-c4cc(F)c(C(F)(F)Oc5cc(F)c(C#N)c(F)c5)c(F)c4)c(F)cc3C2)CC1. The van der Waals surface area contributed by atoms with E-state index in [9.17, 15) is 26.3 Å². The lowest BCUT2D eigenvalue weighted by atomic mass is 9.72. The number of fused-ring (bicyclic) bond motifs is 1. The number of nitrogens with zero attached hydrogens (tertiary/aromatic N) is 1. The van der Waals surface area contributed by atoms with Crippen molar-refractivity contribution in [2.45, 2.75) is 58.0 Å². The predicted octanol–water partition coefficient (Wildman–Crippen LogP) is 9.21. The molecule has 3 nitrogen and oxygen atoms in total. The molecule has 1 unspecified atom stereocenters. The van der Waals surface area contributed by atoms with E-state index in [-0.39, 0.29) is 17.0 Å². The normalized spacial score (nSPS) is 20.4. The topological polar surface area (TPSA) is 42.2 Å². The smallest absolute Gasteiger partial charge is 0.432 e. The van der Waals surface area contributed by atoms with Crippen molar-refractivity contribution in [3.63, 3.8) is 0 Å². The van der Waals surface area contributed by atoms with Gasteiger partial charge in [0.2, 0.25) is 0 Å². The van der Waals surface area contributed by atoms with Gasteiger partial charge in [-0.15, -0.1) is 0 Å². The molecule has 0 aromatic heterocycles. The van der Waals surface area contributed by atoms with Crippen LogP contribution < -0.4 is 9.47 Å². The summed E-state index contributed by atoms with van der Waals surface area (Å²) in [6.45, 7) is 2.62. The van der Waals surface area contributed by atoms with Gasteiger partial charge in [0.15, 0.2) is 0 Å². The quantitative estimate of drug-likeness (QED) is 0.257. The zero-order chi connectivity index (χ0) is 30.2. The molecule has 0 radical (unpaired) electrons. The van der Waals surface area contributed by atoms with Crippen LogP contribution in [0.25, 0.3) is 11.1 Å². The molecular weight excluding hydrogens is 563 g/mol. The van der Waals surface area contributed by atoms with Gasteiger partial charge in [0.05, 0.1) is 6.61 Å². The summed E-state index contributed by atoms with van der Waals surface area (Å²) in [5, 5.41) is 8.71. The van der Waals surface area contributed by atoms with Crippen molar-refractivity contribution in [1.29, 1.82) is 5.26 Å². The van der Waals surface area contributed by atoms with Crippen LogP contribution in [-0.4, -0.2) is 6.61 Å². The van der Waals surface area contributed by atoms with Gasteiger partial charge in [-0.3, -0.25) is 0 Å².